The summed E-state index contributed by atoms with van der Waals surface area (Å²) < 4.78 is 0. The lowest BCUT2D eigenvalue weighted by molar-refractivity contribution is -0.132. The van der Waals surface area contributed by atoms with Gasteiger partial charge in [0.05, 0.1) is 28.5 Å². The predicted molar refractivity (Wildman–Crippen MR) is 74.4 cm³/mol. The van der Waals surface area contributed by atoms with E-state index in [1.54, 1.807) is 6.92 Å². The first kappa shape index (κ1) is 13.6. The maximum atomic E-state index is 11.7. The number of hydrogen-bond donors (Lipinski definition) is 2. The van der Waals surface area contributed by atoms with Crippen molar-refractivity contribution in [3.63, 3.8) is 0 Å². The summed E-state index contributed by atoms with van der Waals surface area (Å²) in [5.41, 5.74) is 0.935. The molecule has 2 aliphatic rings. The third-order valence-electron chi connectivity index (χ3n) is 3.52. The molecule has 1 atom stereocenters. The van der Waals surface area contributed by atoms with Crippen molar-refractivity contribution in [2.45, 2.75) is 13.0 Å². The molecule has 1 aromatic rings. The smallest absolute Gasteiger partial charge is 0.296 e. The van der Waals surface area contributed by atoms with E-state index in [0.717, 1.165) is 0 Å². The van der Waals surface area contributed by atoms with Gasteiger partial charge in [-0.2, -0.15) is 0 Å². The highest BCUT2D eigenvalue weighted by Gasteiger charge is 2.34. The first-order valence-electron chi connectivity index (χ1n) is 6.18. The highest BCUT2D eigenvalue weighted by atomic mass is 35.5. The van der Waals surface area contributed by atoms with E-state index in [1.807, 2.05) is 0 Å². The van der Waals surface area contributed by atoms with Gasteiger partial charge in [0.1, 0.15) is 6.04 Å². The van der Waals surface area contributed by atoms with Crippen LogP contribution in [0.25, 0.3) is 0 Å². The van der Waals surface area contributed by atoms with Gasteiger partial charge >= 0.3 is 0 Å². The lowest BCUT2D eigenvalue weighted by Crippen LogP contribution is -2.57. The minimum absolute atomic E-state index is 0.0344. The third-order valence-corrected chi connectivity index (χ3v) is 3.82. The molecule has 2 aliphatic heterocycles. The molecule has 1 aromatic carbocycles. The second kappa shape index (κ2) is 4.56. The molecule has 2 heterocycles. The molecule has 2 N–H and O–H groups in total. The highest BCUT2D eigenvalue weighted by molar-refractivity contribution is 6.52. The number of ketones is 1. The van der Waals surface area contributed by atoms with Crippen LogP contribution in [0, 0.1) is 0 Å². The molecule has 0 saturated carbocycles. The van der Waals surface area contributed by atoms with Crippen LogP contribution in [0.3, 0.4) is 0 Å². The number of anilines is 2. The number of hydrogen-bond acceptors (Lipinski definition) is 5. The van der Waals surface area contributed by atoms with E-state index < -0.39 is 29.5 Å². The van der Waals surface area contributed by atoms with Crippen molar-refractivity contribution in [1.82, 2.24) is 5.32 Å². The molecule has 3 amide bonds. The van der Waals surface area contributed by atoms with Crippen LogP contribution in [0.4, 0.5) is 11.4 Å². The Morgan fingerprint density at radius 1 is 1.19 bits per heavy atom. The van der Waals surface area contributed by atoms with Crippen molar-refractivity contribution in [3.05, 3.63) is 22.7 Å². The third kappa shape index (κ3) is 2.06. The number of piperazine rings is 1. The van der Waals surface area contributed by atoms with Crippen LogP contribution in [0.2, 0.25) is 5.02 Å². The average Bonchev–Trinajstić information content (AvgIpc) is 2.69. The van der Waals surface area contributed by atoms with Crippen LogP contribution in [0.5, 0.6) is 0 Å². The lowest BCUT2D eigenvalue weighted by Gasteiger charge is -2.34. The van der Waals surface area contributed by atoms with Gasteiger partial charge in [-0.15, -0.1) is 0 Å². The zero-order chi connectivity index (χ0) is 15.3. The molecule has 21 heavy (non-hydrogen) atoms. The van der Waals surface area contributed by atoms with Gasteiger partial charge in [-0.25, -0.2) is 0 Å². The zero-order valence-electron chi connectivity index (χ0n) is 10.9. The number of rotatable bonds is 1. The first-order valence-corrected chi connectivity index (χ1v) is 6.56. The van der Waals surface area contributed by atoms with Crippen LogP contribution in [-0.2, 0) is 14.4 Å². The fourth-order valence-electron chi connectivity index (χ4n) is 2.38. The number of Topliss-reactive ketones (excluding diaryl/α,β-unsaturated/α-hetero) is 1. The second-order valence-electron chi connectivity index (χ2n) is 4.85. The average molecular weight is 308 g/mol. The molecule has 8 heteroatoms. The van der Waals surface area contributed by atoms with E-state index in [0.29, 0.717) is 11.4 Å². The van der Waals surface area contributed by atoms with Crippen molar-refractivity contribution >= 4 is 46.5 Å². The van der Waals surface area contributed by atoms with Crippen LogP contribution in [-0.4, -0.2) is 36.1 Å². The Bertz CT molecular complexity index is 716. The summed E-state index contributed by atoms with van der Waals surface area (Å²) in [6.07, 6.45) is 0. The molecule has 0 aromatic heterocycles. The molecule has 0 aliphatic carbocycles. The van der Waals surface area contributed by atoms with Gasteiger partial charge in [-0.1, -0.05) is 11.6 Å². The van der Waals surface area contributed by atoms with Gasteiger partial charge in [-0.05, 0) is 19.1 Å². The molecule has 3 rings (SSSR count). The fraction of sp³-hybridized carbons (Fsp3) is 0.231. The summed E-state index contributed by atoms with van der Waals surface area (Å²) in [6.45, 7) is 1.60. The summed E-state index contributed by atoms with van der Waals surface area (Å²) >= 11 is 6.14. The maximum Gasteiger partial charge on any atom is 0.296 e. The monoisotopic (exact) mass is 307 g/mol. The Morgan fingerprint density at radius 2 is 1.90 bits per heavy atom. The maximum absolute atomic E-state index is 11.7. The summed E-state index contributed by atoms with van der Waals surface area (Å²) in [4.78, 5) is 47.7. The van der Waals surface area contributed by atoms with Crippen molar-refractivity contribution in [3.8, 4) is 0 Å². The SMILES string of the molecule is CC1C(=O)NC(=O)CN1c1cc2c(cc1Cl)C(=O)C(=O)N2. The summed E-state index contributed by atoms with van der Waals surface area (Å²) in [7, 11) is 0. The van der Waals surface area contributed by atoms with Gasteiger partial charge in [0.2, 0.25) is 11.8 Å². The van der Waals surface area contributed by atoms with Crippen molar-refractivity contribution < 1.29 is 19.2 Å². The number of fused-ring (bicyclic) bond motifs is 1. The molecule has 7 nitrogen and oxygen atoms in total. The number of carbonyl (C=O) groups excluding carboxylic acids is 4. The molecule has 1 fully saturated rings. The van der Waals surface area contributed by atoms with E-state index in [2.05, 4.69) is 10.6 Å². The normalized spacial score (nSPS) is 21.2. The topological polar surface area (TPSA) is 95.6 Å². The van der Waals surface area contributed by atoms with E-state index in [4.69, 9.17) is 11.6 Å². The molecule has 108 valence electrons. The van der Waals surface area contributed by atoms with Crippen LogP contribution < -0.4 is 15.5 Å². The van der Waals surface area contributed by atoms with Crippen LogP contribution in [0.1, 0.15) is 17.3 Å². The molecule has 1 unspecified atom stereocenters. The van der Waals surface area contributed by atoms with Gasteiger partial charge in [0.15, 0.2) is 0 Å². The Balaban J connectivity index is 2.06. The number of nitrogens with zero attached hydrogens (tertiary/aromatic N) is 1. The highest BCUT2D eigenvalue weighted by Crippen LogP contribution is 2.36. The van der Waals surface area contributed by atoms with Crippen molar-refractivity contribution in [1.29, 1.82) is 0 Å². The quantitative estimate of drug-likeness (QED) is 0.576. The van der Waals surface area contributed by atoms with E-state index in [-0.39, 0.29) is 17.1 Å². The number of halogens is 1. The van der Waals surface area contributed by atoms with Crippen molar-refractivity contribution in [2.24, 2.45) is 0 Å². The van der Waals surface area contributed by atoms with Gasteiger partial charge in [-0.3, -0.25) is 24.5 Å². The number of imide groups is 1. The van der Waals surface area contributed by atoms with Gasteiger partial charge in [0.25, 0.3) is 11.7 Å². The molecule has 1 saturated heterocycles. The minimum atomic E-state index is -0.723. The van der Waals surface area contributed by atoms with E-state index in [9.17, 15) is 19.2 Å². The summed E-state index contributed by atoms with van der Waals surface area (Å²) in [5, 5.41) is 4.86. The van der Waals surface area contributed by atoms with Crippen LogP contribution in [0.15, 0.2) is 12.1 Å². The second-order valence-corrected chi connectivity index (χ2v) is 5.26. The Hall–Kier alpha value is -2.41. The number of nitrogens with one attached hydrogen (secondary N) is 2. The molecular weight excluding hydrogens is 298 g/mol. The predicted octanol–water partition coefficient (Wildman–Crippen LogP) is 0.326. The zero-order valence-corrected chi connectivity index (χ0v) is 11.7. The molecule has 0 spiro atoms. The largest absolute Gasteiger partial charge is 0.349 e. The van der Waals surface area contributed by atoms with Gasteiger partial charge in [0, 0.05) is 0 Å². The first-order chi connectivity index (χ1) is 9.88. The summed E-state index contributed by atoms with van der Waals surface area (Å²) in [6, 6.07) is 2.28. The minimum Gasteiger partial charge on any atom is -0.349 e. The molecule has 0 bridgehead atoms. The van der Waals surface area contributed by atoms with Gasteiger partial charge < -0.3 is 10.2 Å². The summed E-state index contributed by atoms with van der Waals surface area (Å²) in [5.74, 6) is -2.24. The van der Waals surface area contributed by atoms with E-state index >= 15 is 0 Å². The Morgan fingerprint density at radius 3 is 2.62 bits per heavy atom. The fourth-order valence-corrected chi connectivity index (χ4v) is 2.66. The van der Waals surface area contributed by atoms with E-state index in [1.165, 1.54) is 17.0 Å². The van der Waals surface area contributed by atoms with Crippen molar-refractivity contribution in [2.75, 3.05) is 16.8 Å². The number of benzene rings is 1. The standard InChI is InChI=1S/C13H10ClN3O4/c1-5-12(20)16-10(18)4-17(5)9-3-8-6(2-7(9)14)11(19)13(21)15-8/h2-3,5H,4H2,1H3,(H,15,19,21)(H,16,18,20). The molecular formula is C13H10ClN3O4. The number of amides is 3. The lowest BCUT2D eigenvalue weighted by atomic mass is 10.1. The van der Waals surface area contributed by atoms with Crippen LogP contribution >= 0.6 is 11.6 Å². The Labute approximate surface area is 124 Å². The Kier molecular flexibility index (Phi) is 2.94. The molecule has 0 radical (unpaired) electrons. The number of carbonyl (C=O) groups is 4.